The topological polar surface area (TPSA) is 114 Å². The van der Waals surface area contributed by atoms with E-state index < -0.39 is 12.1 Å². The average Bonchev–Trinajstić information content (AvgIpc) is 2.37. The third-order valence-corrected chi connectivity index (χ3v) is 2.89. The zero-order valence-corrected chi connectivity index (χ0v) is 12.0. The average molecular weight is 293 g/mol. The van der Waals surface area contributed by atoms with Crippen LogP contribution in [-0.4, -0.2) is 61.5 Å². The fourth-order valence-electron chi connectivity index (χ4n) is 1.35. The summed E-state index contributed by atoms with van der Waals surface area (Å²) in [5, 5.41) is 13.6. The molecule has 0 spiro atoms. The Hall–Kier alpha value is -0.990. The molecular weight excluding hydrogens is 270 g/mol. The molecule has 0 aliphatic heterocycles. The Labute approximate surface area is 117 Å². The van der Waals surface area contributed by atoms with Gasteiger partial charge < -0.3 is 26.2 Å². The minimum Gasteiger partial charge on any atom is -0.394 e. The number of urea groups is 1. The second-order valence-corrected chi connectivity index (χ2v) is 4.81. The second-order valence-electron chi connectivity index (χ2n) is 3.82. The molecule has 0 fully saturated rings. The lowest BCUT2D eigenvalue weighted by molar-refractivity contribution is -0.123. The van der Waals surface area contributed by atoms with Gasteiger partial charge in [-0.2, -0.15) is 11.8 Å². The van der Waals surface area contributed by atoms with Gasteiger partial charge in [-0.3, -0.25) is 4.79 Å². The number of carbonyl (C=O) groups excluding carboxylic acids is 2. The molecule has 19 heavy (non-hydrogen) atoms. The van der Waals surface area contributed by atoms with Crippen molar-refractivity contribution in [2.24, 2.45) is 5.73 Å². The van der Waals surface area contributed by atoms with E-state index in [-0.39, 0.29) is 12.5 Å². The van der Waals surface area contributed by atoms with Crippen molar-refractivity contribution in [2.45, 2.75) is 18.9 Å². The molecule has 0 aliphatic carbocycles. The van der Waals surface area contributed by atoms with Gasteiger partial charge >= 0.3 is 6.03 Å². The number of aliphatic hydroxyl groups excluding tert-OH is 1. The highest BCUT2D eigenvalue weighted by molar-refractivity contribution is 7.98. The van der Waals surface area contributed by atoms with Gasteiger partial charge in [0, 0.05) is 13.2 Å². The Morgan fingerprint density at radius 3 is 2.74 bits per heavy atom. The second kappa shape index (κ2) is 12.1. The molecule has 0 heterocycles. The van der Waals surface area contributed by atoms with Gasteiger partial charge in [0.15, 0.2) is 0 Å². The summed E-state index contributed by atoms with van der Waals surface area (Å²) in [4.78, 5) is 22.6. The van der Waals surface area contributed by atoms with E-state index in [2.05, 4.69) is 10.6 Å². The zero-order chi connectivity index (χ0) is 14.5. The van der Waals surface area contributed by atoms with Crippen molar-refractivity contribution >= 4 is 23.7 Å². The quantitative estimate of drug-likeness (QED) is 0.376. The third-order valence-electron chi connectivity index (χ3n) is 2.24. The molecule has 0 rings (SSSR count). The van der Waals surface area contributed by atoms with Crippen LogP contribution in [0.2, 0.25) is 0 Å². The number of thioether (sulfide) groups is 1. The van der Waals surface area contributed by atoms with Gasteiger partial charge in [-0.25, -0.2) is 4.79 Å². The highest BCUT2D eigenvalue weighted by Crippen LogP contribution is 2.01. The predicted octanol–water partition coefficient (Wildman–Crippen LogP) is -0.708. The number of nitrogens with two attached hydrogens (primary N) is 1. The maximum absolute atomic E-state index is 11.8. The van der Waals surface area contributed by atoms with Crippen LogP contribution in [0.1, 0.15) is 12.8 Å². The molecule has 0 aromatic rings. The van der Waals surface area contributed by atoms with Gasteiger partial charge in [-0.1, -0.05) is 0 Å². The Balaban J connectivity index is 3.86. The smallest absolute Gasteiger partial charge is 0.312 e. The summed E-state index contributed by atoms with van der Waals surface area (Å²) in [6.07, 6.45) is 3.12. The molecule has 0 aliphatic rings. The molecule has 0 aromatic heterocycles. The highest BCUT2D eigenvalue weighted by atomic mass is 32.2. The molecule has 0 aromatic carbocycles. The molecule has 0 bridgehead atoms. The number of aliphatic hydroxyl groups is 1. The lowest BCUT2D eigenvalue weighted by Crippen LogP contribution is -2.49. The van der Waals surface area contributed by atoms with Crippen molar-refractivity contribution in [3.63, 3.8) is 0 Å². The van der Waals surface area contributed by atoms with E-state index >= 15 is 0 Å². The number of hydrogen-bond acceptors (Lipinski definition) is 5. The molecule has 7 nitrogen and oxygen atoms in total. The largest absolute Gasteiger partial charge is 0.394 e. The van der Waals surface area contributed by atoms with E-state index in [1.165, 1.54) is 0 Å². The van der Waals surface area contributed by atoms with E-state index in [1.807, 2.05) is 6.26 Å². The molecule has 0 radical (unpaired) electrons. The van der Waals surface area contributed by atoms with Crippen LogP contribution in [0, 0.1) is 0 Å². The maximum Gasteiger partial charge on any atom is 0.312 e. The summed E-state index contributed by atoms with van der Waals surface area (Å²) in [5.41, 5.74) is 5.03. The van der Waals surface area contributed by atoms with E-state index in [1.54, 1.807) is 11.8 Å². The molecule has 0 saturated carbocycles. The summed E-state index contributed by atoms with van der Waals surface area (Å²) < 4.78 is 5.06. The number of hydrogen-bond donors (Lipinski definition) is 4. The number of rotatable bonds is 11. The molecule has 0 saturated heterocycles. The lowest BCUT2D eigenvalue weighted by Gasteiger charge is -2.16. The van der Waals surface area contributed by atoms with Crippen molar-refractivity contribution in [2.75, 3.05) is 38.4 Å². The van der Waals surface area contributed by atoms with Crippen LogP contribution in [-0.2, 0) is 9.53 Å². The first-order valence-electron chi connectivity index (χ1n) is 6.13. The molecule has 3 amide bonds. The van der Waals surface area contributed by atoms with Gasteiger partial charge in [-0.05, 0) is 24.9 Å². The van der Waals surface area contributed by atoms with E-state index in [0.717, 1.165) is 5.75 Å². The van der Waals surface area contributed by atoms with Crippen molar-refractivity contribution < 1.29 is 19.4 Å². The van der Waals surface area contributed by atoms with Crippen LogP contribution >= 0.6 is 11.8 Å². The molecule has 112 valence electrons. The first-order valence-corrected chi connectivity index (χ1v) is 7.52. The third kappa shape index (κ3) is 10.6. The molecule has 5 N–H and O–H groups in total. The van der Waals surface area contributed by atoms with Crippen LogP contribution in [0.4, 0.5) is 4.79 Å². The number of amides is 3. The summed E-state index contributed by atoms with van der Waals surface area (Å²) >= 11 is 1.60. The monoisotopic (exact) mass is 293 g/mol. The van der Waals surface area contributed by atoms with Gasteiger partial charge in [-0.15, -0.1) is 0 Å². The van der Waals surface area contributed by atoms with E-state index in [4.69, 9.17) is 15.6 Å². The number of carbonyl (C=O) groups is 2. The first kappa shape index (κ1) is 18.0. The summed E-state index contributed by atoms with van der Waals surface area (Å²) in [6, 6.07) is -1.30. The number of nitrogens with one attached hydrogen (secondary N) is 2. The normalized spacial score (nSPS) is 11.9. The summed E-state index contributed by atoms with van der Waals surface area (Å²) in [5.74, 6) is 0.521. The fraction of sp³-hybridized carbons (Fsp3) is 0.818. The molecule has 1 unspecified atom stereocenters. The van der Waals surface area contributed by atoms with Crippen molar-refractivity contribution in [3.8, 4) is 0 Å². The van der Waals surface area contributed by atoms with Crippen LogP contribution in [0.25, 0.3) is 0 Å². The zero-order valence-electron chi connectivity index (χ0n) is 11.2. The standard InChI is InChI=1S/C11H23N3O4S/c1-19-8-3-9(14-11(12)17)10(16)13-4-2-6-18-7-5-15/h9,15H,2-8H2,1H3,(H,13,16)(H3,12,14,17). The van der Waals surface area contributed by atoms with Crippen LogP contribution in [0.5, 0.6) is 0 Å². The Morgan fingerprint density at radius 1 is 1.42 bits per heavy atom. The molecule has 1 atom stereocenters. The van der Waals surface area contributed by atoms with Crippen molar-refractivity contribution in [1.82, 2.24) is 10.6 Å². The van der Waals surface area contributed by atoms with Gasteiger partial charge in [0.25, 0.3) is 0 Å². The predicted molar refractivity (Wildman–Crippen MR) is 75.0 cm³/mol. The van der Waals surface area contributed by atoms with Crippen LogP contribution in [0.15, 0.2) is 0 Å². The Bertz CT molecular complexity index is 266. The van der Waals surface area contributed by atoms with Crippen molar-refractivity contribution in [3.05, 3.63) is 0 Å². The lowest BCUT2D eigenvalue weighted by atomic mass is 10.2. The van der Waals surface area contributed by atoms with Gasteiger partial charge in [0.05, 0.1) is 13.2 Å². The highest BCUT2D eigenvalue weighted by Gasteiger charge is 2.18. The Kier molecular flexibility index (Phi) is 11.4. The van der Waals surface area contributed by atoms with Crippen LogP contribution in [0.3, 0.4) is 0 Å². The Morgan fingerprint density at radius 2 is 2.16 bits per heavy atom. The minimum atomic E-state index is -0.701. The van der Waals surface area contributed by atoms with E-state index in [9.17, 15) is 9.59 Å². The summed E-state index contributed by atoms with van der Waals surface area (Å²) in [7, 11) is 0. The minimum absolute atomic E-state index is 0.00828. The first-order chi connectivity index (χ1) is 9.11. The summed E-state index contributed by atoms with van der Waals surface area (Å²) in [6.45, 7) is 1.22. The van der Waals surface area contributed by atoms with Crippen molar-refractivity contribution in [1.29, 1.82) is 0 Å². The molecular formula is C11H23N3O4S. The number of primary amides is 1. The number of ether oxygens (including phenoxy) is 1. The maximum atomic E-state index is 11.8. The fourth-order valence-corrected chi connectivity index (χ4v) is 1.82. The molecule has 8 heteroatoms. The van der Waals surface area contributed by atoms with Crippen LogP contribution < -0.4 is 16.4 Å². The van der Waals surface area contributed by atoms with Gasteiger partial charge in [0.1, 0.15) is 6.04 Å². The van der Waals surface area contributed by atoms with Gasteiger partial charge in [0.2, 0.25) is 5.91 Å². The van der Waals surface area contributed by atoms with E-state index in [0.29, 0.717) is 32.6 Å². The SMILES string of the molecule is CSCCC(NC(N)=O)C(=O)NCCCOCCO.